The lowest BCUT2D eigenvalue weighted by Gasteiger charge is -2.02. The van der Waals surface area contributed by atoms with Crippen LogP contribution < -0.4 is 0 Å². The lowest BCUT2D eigenvalue weighted by atomic mass is 10.1. The number of esters is 1. The molecule has 0 unspecified atom stereocenters. The van der Waals surface area contributed by atoms with Crippen LogP contribution in [0.4, 0.5) is 5.69 Å². The molecule has 8 heteroatoms. The van der Waals surface area contributed by atoms with Gasteiger partial charge in [0.2, 0.25) is 0 Å². The minimum absolute atomic E-state index is 0.0193. The Morgan fingerprint density at radius 2 is 2.42 bits per heavy atom. The highest BCUT2D eigenvalue weighted by molar-refractivity contribution is 5.94. The molecular weight excluding hydrogens is 252 g/mol. The molecule has 0 amide bonds. The van der Waals surface area contributed by atoms with Gasteiger partial charge in [0, 0.05) is 7.05 Å². The number of nitrogens with zero attached hydrogens (tertiary/aromatic N) is 4. The van der Waals surface area contributed by atoms with Crippen LogP contribution in [-0.2, 0) is 16.6 Å². The molecule has 100 valence electrons. The Morgan fingerprint density at radius 3 is 2.95 bits per heavy atom. The third-order valence-corrected chi connectivity index (χ3v) is 2.15. The van der Waals surface area contributed by atoms with Gasteiger partial charge in [-0.3, -0.25) is 14.8 Å². The topological polar surface area (TPSA) is 111 Å². The highest BCUT2D eigenvalue weighted by Crippen LogP contribution is 2.20. The van der Waals surface area contributed by atoms with Gasteiger partial charge in [-0.15, -0.1) is 0 Å². The summed E-state index contributed by atoms with van der Waals surface area (Å²) in [4.78, 5) is 21.8. The number of carbonyl (C=O) groups excluding carboxylic acids is 1. The van der Waals surface area contributed by atoms with Crippen molar-refractivity contribution in [2.24, 2.45) is 7.05 Å². The van der Waals surface area contributed by atoms with Crippen molar-refractivity contribution in [3.63, 3.8) is 0 Å². The molecule has 8 nitrogen and oxygen atoms in total. The lowest BCUT2D eigenvalue weighted by Crippen LogP contribution is -2.07. The van der Waals surface area contributed by atoms with Crippen LogP contribution in [0.15, 0.2) is 11.8 Å². The molecule has 0 spiro atoms. The summed E-state index contributed by atoms with van der Waals surface area (Å²) in [5.74, 6) is -0.677. The molecule has 19 heavy (non-hydrogen) atoms. The van der Waals surface area contributed by atoms with E-state index in [1.807, 2.05) is 6.07 Å². The van der Waals surface area contributed by atoms with Crippen LogP contribution in [0.3, 0.4) is 0 Å². The van der Waals surface area contributed by atoms with Crippen molar-refractivity contribution in [2.45, 2.75) is 13.3 Å². The predicted molar refractivity (Wildman–Crippen MR) is 64.7 cm³/mol. The molecule has 0 atom stereocenters. The van der Waals surface area contributed by atoms with Crippen LogP contribution in [0, 0.1) is 21.4 Å². The fourth-order valence-corrected chi connectivity index (χ4v) is 1.39. The van der Waals surface area contributed by atoms with E-state index in [0.29, 0.717) is 0 Å². The van der Waals surface area contributed by atoms with Crippen LogP contribution in [0.5, 0.6) is 0 Å². The summed E-state index contributed by atoms with van der Waals surface area (Å²) in [7, 11) is 1.53. The zero-order valence-corrected chi connectivity index (χ0v) is 10.5. The van der Waals surface area contributed by atoms with Gasteiger partial charge in [-0.25, -0.2) is 4.79 Å². The van der Waals surface area contributed by atoms with Crippen molar-refractivity contribution in [1.29, 1.82) is 5.26 Å². The number of hydrogen-bond acceptors (Lipinski definition) is 6. The molecule has 0 bridgehead atoms. The molecule has 1 aromatic rings. The molecule has 0 saturated carbocycles. The molecule has 0 aliphatic heterocycles. The van der Waals surface area contributed by atoms with Gasteiger partial charge in [0.1, 0.15) is 6.20 Å². The minimum Gasteiger partial charge on any atom is -0.463 e. The van der Waals surface area contributed by atoms with E-state index < -0.39 is 10.9 Å². The number of rotatable bonds is 5. The maximum Gasteiger partial charge on any atom is 0.335 e. The Hall–Kier alpha value is -2.69. The second-order valence-electron chi connectivity index (χ2n) is 3.56. The van der Waals surface area contributed by atoms with Crippen molar-refractivity contribution >= 4 is 17.7 Å². The Balaban J connectivity index is 3.19. The van der Waals surface area contributed by atoms with Crippen LogP contribution in [-0.4, -0.2) is 27.3 Å². The van der Waals surface area contributed by atoms with Crippen molar-refractivity contribution in [1.82, 2.24) is 9.78 Å². The first kappa shape index (κ1) is 14.4. The molecule has 1 aromatic heterocycles. The zero-order valence-electron chi connectivity index (χ0n) is 10.5. The summed E-state index contributed by atoms with van der Waals surface area (Å²) in [6.07, 6.45) is 2.23. The molecule has 1 heterocycles. The highest BCUT2D eigenvalue weighted by Gasteiger charge is 2.19. The van der Waals surface area contributed by atoms with Crippen LogP contribution in [0.1, 0.15) is 19.0 Å². The molecule has 0 aromatic carbocycles. The van der Waals surface area contributed by atoms with E-state index in [0.717, 1.165) is 0 Å². The smallest absolute Gasteiger partial charge is 0.335 e. The Morgan fingerprint density at radius 1 is 1.74 bits per heavy atom. The maximum absolute atomic E-state index is 11.6. The average Bonchev–Trinajstić information content (AvgIpc) is 2.70. The summed E-state index contributed by atoms with van der Waals surface area (Å²) in [5, 5.41) is 23.3. The molecular formula is C11H12N4O4. The summed E-state index contributed by atoms with van der Waals surface area (Å²) in [6, 6.07) is 1.81. The van der Waals surface area contributed by atoms with E-state index in [1.54, 1.807) is 6.92 Å². The van der Waals surface area contributed by atoms with E-state index in [9.17, 15) is 14.9 Å². The van der Waals surface area contributed by atoms with Gasteiger partial charge in [0.25, 0.3) is 0 Å². The number of nitriles is 1. The normalized spacial score (nSPS) is 10.9. The van der Waals surface area contributed by atoms with E-state index >= 15 is 0 Å². The molecule has 0 aliphatic rings. The molecule has 0 radical (unpaired) electrons. The van der Waals surface area contributed by atoms with Gasteiger partial charge >= 0.3 is 11.7 Å². The van der Waals surface area contributed by atoms with Crippen molar-refractivity contribution in [3.8, 4) is 6.07 Å². The molecule has 0 aliphatic carbocycles. The third-order valence-electron chi connectivity index (χ3n) is 2.15. The summed E-state index contributed by atoms with van der Waals surface area (Å²) in [6.45, 7) is 1.79. The highest BCUT2D eigenvalue weighted by atomic mass is 16.6. The number of aryl methyl sites for hydroxylation is 1. The van der Waals surface area contributed by atoms with Gasteiger partial charge < -0.3 is 4.74 Å². The van der Waals surface area contributed by atoms with Crippen molar-refractivity contribution < 1.29 is 14.5 Å². The first-order chi connectivity index (χ1) is 8.99. The second kappa shape index (κ2) is 6.30. The Bertz CT molecular complexity index is 568. The lowest BCUT2D eigenvalue weighted by molar-refractivity contribution is -0.385. The second-order valence-corrected chi connectivity index (χ2v) is 3.56. The Labute approximate surface area is 109 Å². The van der Waals surface area contributed by atoms with E-state index in [1.165, 1.54) is 24.0 Å². The molecule has 1 rings (SSSR count). The summed E-state index contributed by atoms with van der Waals surface area (Å²) >= 11 is 0. The number of nitro groups is 1. The first-order valence-electron chi connectivity index (χ1n) is 5.42. The predicted octanol–water partition coefficient (Wildman–Crippen LogP) is 1.19. The first-order valence-corrected chi connectivity index (χ1v) is 5.42. The number of aromatic nitrogens is 2. The van der Waals surface area contributed by atoms with Crippen LogP contribution in [0.2, 0.25) is 0 Å². The number of hydrogen-bond donors (Lipinski definition) is 0. The standard InChI is InChI=1S/C11H12N4O4/c1-3-19-11(16)8(4-5-12)6-9-10(15(17)18)7-14(2)13-9/h6-7H,3-4H2,1-2H3/b8-6+. The summed E-state index contributed by atoms with van der Waals surface area (Å²) < 4.78 is 6.04. The largest absolute Gasteiger partial charge is 0.463 e. The summed E-state index contributed by atoms with van der Waals surface area (Å²) in [5.41, 5.74) is -0.181. The van der Waals surface area contributed by atoms with Gasteiger partial charge in [-0.1, -0.05) is 0 Å². The molecule has 0 saturated heterocycles. The fraction of sp³-hybridized carbons (Fsp3) is 0.364. The van der Waals surface area contributed by atoms with E-state index in [-0.39, 0.29) is 30.0 Å². The molecule has 0 N–H and O–H groups in total. The van der Waals surface area contributed by atoms with Crippen LogP contribution in [0.25, 0.3) is 6.08 Å². The molecule has 0 fully saturated rings. The quantitative estimate of drug-likeness (QED) is 0.342. The van der Waals surface area contributed by atoms with Gasteiger partial charge in [-0.05, 0) is 13.0 Å². The van der Waals surface area contributed by atoms with E-state index in [2.05, 4.69) is 5.10 Å². The monoisotopic (exact) mass is 264 g/mol. The number of carbonyl (C=O) groups is 1. The fourth-order valence-electron chi connectivity index (χ4n) is 1.39. The SMILES string of the molecule is CCOC(=O)/C(=C/c1nn(C)cc1[N+](=O)[O-])CC#N. The van der Waals surface area contributed by atoms with Gasteiger partial charge in [0.15, 0.2) is 5.69 Å². The third kappa shape index (κ3) is 3.64. The van der Waals surface area contributed by atoms with Crippen molar-refractivity contribution in [3.05, 3.63) is 27.6 Å². The van der Waals surface area contributed by atoms with Crippen LogP contribution >= 0.6 is 0 Å². The number of ether oxygens (including phenoxy) is 1. The van der Waals surface area contributed by atoms with E-state index in [4.69, 9.17) is 10.00 Å². The van der Waals surface area contributed by atoms with Crippen molar-refractivity contribution in [2.75, 3.05) is 6.61 Å². The Kier molecular flexibility index (Phi) is 4.76. The zero-order chi connectivity index (χ0) is 14.4. The van der Waals surface area contributed by atoms with Gasteiger partial charge in [-0.2, -0.15) is 10.4 Å². The maximum atomic E-state index is 11.6. The minimum atomic E-state index is -0.677. The average molecular weight is 264 g/mol. The van der Waals surface area contributed by atoms with Gasteiger partial charge in [0.05, 0.1) is 29.6 Å².